The summed E-state index contributed by atoms with van der Waals surface area (Å²) in [6.07, 6.45) is 3.21. The Balaban J connectivity index is 1.51. The van der Waals surface area contributed by atoms with Crippen molar-refractivity contribution in [2.24, 2.45) is 0 Å². The summed E-state index contributed by atoms with van der Waals surface area (Å²) in [6.45, 7) is 3.93. The number of piperazine rings is 1. The number of carbonyl (C=O) groups excluding carboxylic acids is 1. The molecule has 0 saturated carbocycles. The number of carbonyl (C=O) groups is 1. The highest BCUT2D eigenvalue weighted by Gasteiger charge is 2.25. The highest BCUT2D eigenvalue weighted by Crippen LogP contribution is 2.24. The molecule has 0 unspecified atom stereocenters. The molecule has 1 aliphatic rings. The van der Waals surface area contributed by atoms with Crippen LogP contribution in [-0.4, -0.2) is 42.0 Å². The summed E-state index contributed by atoms with van der Waals surface area (Å²) < 4.78 is 19.4. The van der Waals surface area contributed by atoms with Crippen LogP contribution < -0.4 is 4.90 Å². The molecule has 2 aromatic heterocycles. The van der Waals surface area contributed by atoms with Gasteiger partial charge in [-0.1, -0.05) is 0 Å². The first-order valence-electron chi connectivity index (χ1n) is 8.64. The van der Waals surface area contributed by atoms with Crippen molar-refractivity contribution in [1.29, 1.82) is 5.26 Å². The van der Waals surface area contributed by atoms with Crippen LogP contribution in [0, 0.1) is 24.1 Å². The maximum Gasteiger partial charge on any atom is 0.259 e. The number of nitriles is 1. The summed E-state index contributed by atoms with van der Waals surface area (Å²) >= 11 is 0. The third-order valence-electron chi connectivity index (χ3n) is 4.72. The van der Waals surface area contributed by atoms with Gasteiger partial charge in [-0.2, -0.15) is 5.26 Å². The molecule has 0 spiro atoms. The van der Waals surface area contributed by atoms with Gasteiger partial charge in [-0.15, -0.1) is 0 Å². The Morgan fingerprint density at radius 1 is 1.19 bits per heavy atom. The molecule has 3 heterocycles. The van der Waals surface area contributed by atoms with Crippen LogP contribution in [0.25, 0.3) is 11.0 Å². The largest absolute Gasteiger partial charge is 0.460 e. The molecule has 0 aliphatic carbocycles. The number of pyridine rings is 1. The smallest absolute Gasteiger partial charge is 0.259 e. The van der Waals surface area contributed by atoms with Gasteiger partial charge in [0.15, 0.2) is 0 Å². The summed E-state index contributed by atoms with van der Waals surface area (Å²) in [6, 6.07) is 8.11. The second-order valence-corrected chi connectivity index (χ2v) is 6.55. The SMILES string of the molecule is Cc1cc2cncc(C(=O)N3CCN(c4cc(F)cc(C#N)c4)CC3)c2o1. The second-order valence-electron chi connectivity index (χ2n) is 6.55. The molecule has 27 heavy (non-hydrogen) atoms. The predicted octanol–water partition coefficient (Wildman–Crippen LogP) is 3.11. The van der Waals surface area contributed by atoms with Crippen LogP contribution in [-0.2, 0) is 0 Å². The van der Waals surface area contributed by atoms with E-state index in [0.717, 1.165) is 11.1 Å². The van der Waals surface area contributed by atoms with E-state index < -0.39 is 5.82 Å². The van der Waals surface area contributed by atoms with Crippen LogP contribution in [0.5, 0.6) is 0 Å². The number of hydrogen-bond donors (Lipinski definition) is 0. The van der Waals surface area contributed by atoms with E-state index >= 15 is 0 Å². The number of amides is 1. The zero-order chi connectivity index (χ0) is 19.0. The number of aryl methyl sites for hydroxylation is 1. The molecule has 3 aromatic rings. The van der Waals surface area contributed by atoms with E-state index in [9.17, 15) is 9.18 Å². The molecule has 1 fully saturated rings. The average Bonchev–Trinajstić information content (AvgIpc) is 3.07. The molecule has 7 heteroatoms. The van der Waals surface area contributed by atoms with Crippen molar-refractivity contribution in [1.82, 2.24) is 9.88 Å². The lowest BCUT2D eigenvalue weighted by Gasteiger charge is -2.36. The zero-order valence-corrected chi connectivity index (χ0v) is 14.8. The van der Waals surface area contributed by atoms with E-state index in [0.29, 0.717) is 43.0 Å². The topological polar surface area (TPSA) is 73.4 Å². The lowest BCUT2D eigenvalue weighted by Crippen LogP contribution is -2.48. The van der Waals surface area contributed by atoms with Gasteiger partial charge in [0.2, 0.25) is 0 Å². The summed E-state index contributed by atoms with van der Waals surface area (Å²) in [5, 5.41) is 9.82. The maximum absolute atomic E-state index is 13.7. The van der Waals surface area contributed by atoms with Crippen molar-refractivity contribution in [2.75, 3.05) is 31.1 Å². The molecule has 1 aromatic carbocycles. The van der Waals surface area contributed by atoms with Crippen molar-refractivity contribution in [3.05, 3.63) is 59.4 Å². The highest BCUT2D eigenvalue weighted by molar-refractivity contribution is 6.04. The van der Waals surface area contributed by atoms with E-state index in [2.05, 4.69) is 4.98 Å². The number of anilines is 1. The fourth-order valence-electron chi connectivity index (χ4n) is 3.40. The van der Waals surface area contributed by atoms with Gasteiger partial charge in [-0.25, -0.2) is 4.39 Å². The predicted molar refractivity (Wildman–Crippen MR) is 98.0 cm³/mol. The number of fused-ring (bicyclic) bond motifs is 1. The second kappa shape index (κ2) is 6.72. The molecule has 4 rings (SSSR count). The lowest BCUT2D eigenvalue weighted by molar-refractivity contribution is 0.0747. The first-order valence-corrected chi connectivity index (χ1v) is 8.64. The van der Waals surface area contributed by atoms with E-state index in [1.807, 2.05) is 24.0 Å². The molecule has 1 aliphatic heterocycles. The van der Waals surface area contributed by atoms with Gasteiger partial charge >= 0.3 is 0 Å². The van der Waals surface area contributed by atoms with Crippen LogP contribution in [0.1, 0.15) is 21.7 Å². The third kappa shape index (κ3) is 3.22. The molecule has 0 radical (unpaired) electrons. The van der Waals surface area contributed by atoms with Gasteiger partial charge in [-0.05, 0) is 31.2 Å². The summed E-state index contributed by atoms with van der Waals surface area (Å²) in [4.78, 5) is 20.8. The van der Waals surface area contributed by atoms with E-state index in [4.69, 9.17) is 9.68 Å². The normalized spacial score (nSPS) is 14.4. The number of hydrogen-bond acceptors (Lipinski definition) is 5. The standard InChI is InChI=1S/C20H17FN4O2/c1-13-6-15-11-23-12-18(19(15)27-13)20(26)25-4-2-24(3-5-25)17-8-14(10-22)7-16(21)9-17/h6-9,11-12H,2-5H2,1H3. The van der Waals surface area contributed by atoms with Crippen molar-refractivity contribution in [2.45, 2.75) is 6.92 Å². The van der Waals surface area contributed by atoms with Crippen molar-refractivity contribution in [3.8, 4) is 6.07 Å². The Kier molecular flexibility index (Phi) is 4.24. The molecular formula is C20H17FN4O2. The number of halogens is 1. The molecule has 136 valence electrons. The van der Waals surface area contributed by atoms with Gasteiger partial charge in [-0.3, -0.25) is 9.78 Å². The zero-order valence-electron chi connectivity index (χ0n) is 14.8. The Bertz CT molecular complexity index is 1060. The molecule has 0 bridgehead atoms. The van der Waals surface area contributed by atoms with Gasteiger partial charge in [0, 0.05) is 49.6 Å². The first kappa shape index (κ1) is 17.0. The quantitative estimate of drug-likeness (QED) is 0.699. The van der Waals surface area contributed by atoms with E-state index in [-0.39, 0.29) is 11.5 Å². The minimum absolute atomic E-state index is 0.126. The van der Waals surface area contributed by atoms with Crippen LogP contribution in [0.4, 0.5) is 10.1 Å². The maximum atomic E-state index is 13.7. The van der Waals surface area contributed by atoms with E-state index in [1.54, 1.807) is 17.2 Å². The Morgan fingerprint density at radius 3 is 2.70 bits per heavy atom. The van der Waals surface area contributed by atoms with Gasteiger partial charge < -0.3 is 14.2 Å². The monoisotopic (exact) mass is 364 g/mol. The molecule has 6 nitrogen and oxygen atoms in total. The van der Waals surface area contributed by atoms with Crippen molar-refractivity contribution in [3.63, 3.8) is 0 Å². The third-order valence-corrected chi connectivity index (χ3v) is 4.72. The Morgan fingerprint density at radius 2 is 1.96 bits per heavy atom. The van der Waals surface area contributed by atoms with E-state index in [1.165, 1.54) is 18.3 Å². The average molecular weight is 364 g/mol. The van der Waals surface area contributed by atoms with Crippen LogP contribution in [0.3, 0.4) is 0 Å². The van der Waals surface area contributed by atoms with Gasteiger partial charge in [0.25, 0.3) is 5.91 Å². The number of rotatable bonds is 2. The van der Waals surface area contributed by atoms with Gasteiger partial charge in [0.1, 0.15) is 22.7 Å². The molecule has 1 saturated heterocycles. The Labute approximate surface area is 155 Å². The fourth-order valence-corrected chi connectivity index (χ4v) is 3.40. The fraction of sp³-hybridized carbons (Fsp3) is 0.250. The summed E-state index contributed by atoms with van der Waals surface area (Å²) in [7, 11) is 0. The number of nitrogens with zero attached hydrogens (tertiary/aromatic N) is 4. The molecular weight excluding hydrogens is 347 g/mol. The number of furan rings is 1. The van der Waals surface area contributed by atoms with Gasteiger partial charge in [0.05, 0.1) is 11.6 Å². The first-order chi connectivity index (χ1) is 13.0. The lowest BCUT2D eigenvalue weighted by atomic mass is 10.1. The van der Waals surface area contributed by atoms with Crippen molar-refractivity contribution >= 4 is 22.6 Å². The van der Waals surface area contributed by atoms with Crippen molar-refractivity contribution < 1.29 is 13.6 Å². The minimum Gasteiger partial charge on any atom is -0.460 e. The van der Waals surface area contributed by atoms with Crippen LogP contribution in [0.2, 0.25) is 0 Å². The summed E-state index contributed by atoms with van der Waals surface area (Å²) in [5.41, 5.74) is 1.95. The minimum atomic E-state index is -0.437. The molecule has 1 amide bonds. The number of benzene rings is 1. The molecule has 0 atom stereocenters. The summed E-state index contributed by atoms with van der Waals surface area (Å²) in [5.74, 6) is 0.170. The molecule has 0 N–H and O–H groups in total. The Hall–Kier alpha value is -3.40. The number of aromatic nitrogens is 1. The highest BCUT2D eigenvalue weighted by atomic mass is 19.1. The van der Waals surface area contributed by atoms with Crippen LogP contribution in [0.15, 0.2) is 41.1 Å². The van der Waals surface area contributed by atoms with Crippen LogP contribution >= 0.6 is 0 Å².